The molecule has 0 atom stereocenters. The fraction of sp³-hybridized carbons (Fsp3) is 0.700. The second-order valence-corrected chi connectivity index (χ2v) is 3.09. The fourth-order valence-corrected chi connectivity index (χ4v) is 1.08. The quantitative estimate of drug-likeness (QED) is 0.481. The predicted molar refractivity (Wildman–Crippen MR) is 56.6 cm³/mol. The minimum Gasteiger partial charge on any atom is -0.382 e. The number of hydroxylamine groups is 2. The third-order valence-corrected chi connectivity index (χ3v) is 1.85. The Kier molecular flexibility index (Phi) is 7.08. The number of carbonyl (C=O) groups excluding carboxylic acids is 3. The second kappa shape index (κ2) is 7.75. The summed E-state index contributed by atoms with van der Waals surface area (Å²) in [5, 5.41) is 0.488. The van der Waals surface area contributed by atoms with Crippen LogP contribution in [0.15, 0.2) is 0 Å². The van der Waals surface area contributed by atoms with Crippen LogP contribution in [0, 0.1) is 0 Å². The van der Waals surface area contributed by atoms with E-state index >= 15 is 0 Å². The van der Waals surface area contributed by atoms with Crippen molar-refractivity contribution < 1.29 is 28.7 Å². The molecule has 17 heavy (non-hydrogen) atoms. The van der Waals surface area contributed by atoms with Crippen LogP contribution in [0.4, 0.5) is 0 Å². The maximum atomic E-state index is 11.1. The molecular weight excluding hydrogens is 230 g/mol. The molecule has 1 aliphatic heterocycles. The largest absolute Gasteiger partial charge is 0.382 e. The van der Waals surface area contributed by atoms with Crippen LogP contribution in [0.3, 0.4) is 0 Å². The summed E-state index contributed by atoms with van der Waals surface area (Å²) in [7, 11) is 1.50. The number of rotatable bonds is 6. The maximum absolute atomic E-state index is 11.1. The Morgan fingerprint density at radius 3 is 2.35 bits per heavy atom. The van der Waals surface area contributed by atoms with Crippen molar-refractivity contribution in [1.29, 1.82) is 0 Å². The van der Waals surface area contributed by atoms with Gasteiger partial charge in [-0.05, 0) is 0 Å². The SMILES string of the molecule is C.COCCOCC(=O)ON1C(=O)CCC1=O. The molecule has 1 saturated heterocycles. The highest BCUT2D eigenvalue weighted by molar-refractivity contribution is 6.01. The molecule has 1 fully saturated rings. The third-order valence-electron chi connectivity index (χ3n) is 1.85. The van der Waals surface area contributed by atoms with E-state index in [9.17, 15) is 14.4 Å². The molecule has 0 aromatic carbocycles. The average Bonchev–Trinajstić information content (AvgIpc) is 2.56. The maximum Gasteiger partial charge on any atom is 0.358 e. The zero-order chi connectivity index (χ0) is 12.0. The van der Waals surface area contributed by atoms with E-state index in [1.165, 1.54) is 7.11 Å². The fourth-order valence-electron chi connectivity index (χ4n) is 1.08. The molecule has 0 aromatic rings. The number of imide groups is 1. The monoisotopic (exact) mass is 247 g/mol. The first kappa shape index (κ1) is 15.5. The predicted octanol–water partition coefficient (Wildman–Crippen LogP) is -0.107. The molecule has 0 saturated carbocycles. The molecule has 98 valence electrons. The van der Waals surface area contributed by atoms with Gasteiger partial charge in [-0.2, -0.15) is 0 Å². The molecule has 2 amide bonds. The van der Waals surface area contributed by atoms with Crippen molar-refractivity contribution in [1.82, 2.24) is 5.06 Å². The molecule has 0 bridgehead atoms. The van der Waals surface area contributed by atoms with Gasteiger partial charge < -0.3 is 14.3 Å². The zero-order valence-corrected chi connectivity index (χ0v) is 8.93. The normalized spacial score (nSPS) is 14.8. The Balaban J connectivity index is 0.00000256. The van der Waals surface area contributed by atoms with Gasteiger partial charge in [-0.25, -0.2) is 4.79 Å². The summed E-state index contributed by atoms with van der Waals surface area (Å²) in [6.07, 6.45) is 0.160. The van der Waals surface area contributed by atoms with Gasteiger partial charge in [0.2, 0.25) is 0 Å². The standard InChI is InChI=1S/C9H13NO6.CH4/c1-14-4-5-15-6-9(13)16-10-7(11)2-3-8(10)12;/h2-6H2,1H3;1H4. The van der Waals surface area contributed by atoms with Crippen LogP contribution in [0.1, 0.15) is 20.3 Å². The van der Waals surface area contributed by atoms with Gasteiger partial charge in [0.25, 0.3) is 11.8 Å². The zero-order valence-electron chi connectivity index (χ0n) is 8.93. The topological polar surface area (TPSA) is 82.1 Å². The van der Waals surface area contributed by atoms with Gasteiger partial charge in [0.05, 0.1) is 13.2 Å². The molecule has 7 nitrogen and oxygen atoms in total. The van der Waals surface area contributed by atoms with Crippen LogP contribution in [0.2, 0.25) is 0 Å². The van der Waals surface area contributed by atoms with Gasteiger partial charge in [0.15, 0.2) is 0 Å². The number of amides is 2. The van der Waals surface area contributed by atoms with Crippen molar-refractivity contribution in [2.45, 2.75) is 20.3 Å². The lowest BCUT2D eigenvalue weighted by atomic mass is 10.4. The lowest BCUT2D eigenvalue weighted by Crippen LogP contribution is -2.33. The summed E-state index contributed by atoms with van der Waals surface area (Å²) < 4.78 is 9.56. The van der Waals surface area contributed by atoms with E-state index in [0.717, 1.165) is 0 Å². The van der Waals surface area contributed by atoms with Gasteiger partial charge in [-0.1, -0.05) is 7.43 Å². The first-order valence-corrected chi connectivity index (χ1v) is 4.78. The summed E-state index contributed by atoms with van der Waals surface area (Å²) in [6.45, 7) is 0.281. The molecule has 7 heteroatoms. The van der Waals surface area contributed by atoms with E-state index in [2.05, 4.69) is 4.84 Å². The van der Waals surface area contributed by atoms with Crippen LogP contribution in [-0.2, 0) is 28.7 Å². The number of hydrogen-bond acceptors (Lipinski definition) is 6. The second-order valence-electron chi connectivity index (χ2n) is 3.09. The molecule has 0 radical (unpaired) electrons. The summed E-state index contributed by atoms with van der Waals surface area (Å²) in [5.41, 5.74) is 0. The average molecular weight is 247 g/mol. The van der Waals surface area contributed by atoms with Crippen LogP contribution in [0.5, 0.6) is 0 Å². The Hall–Kier alpha value is -1.47. The van der Waals surface area contributed by atoms with Crippen LogP contribution >= 0.6 is 0 Å². The lowest BCUT2D eigenvalue weighted by molar-refractivity contribution is -0.200. The van der Waals surface area contributed by atoms with Crippen molar-refractivity contribution in [3.8, 4) is 0 Å². The van der Waals surface area contributed by atoms with Crippen LogP contribution in [0.25, 0.3) is 0 Å². The van der Waals surface area contributed by atoms with E-state index in [0.29, 0.717) is 11.7 Å². The van der Waals surface area contributed by atoms with E-state index in [1.807, 2.05) is 0 Å². The summed E-state index contributed by atoms with van der Waals surface area (Å²) in [6, 6.07) is 0. The van der Waals surface area contributed by atoms with Gasteiger partial charge in [0, 0.05) is 20.0 Å². The third kappa shape index (κ3) is 4.92. The number of hydrogen-bond donors (Lipinski definition) is 0. The molecule has 0 unspecified atom stereocenters. The van der Waals surface area contributed by atoms with Crippen molar-refractivity contribution >= 4 is 17.8 Å². The molecule has 1 rings (SSSR count). The van der Waals surface area contributed by atoms with Crippen molar-refractivity contribution in [2.75, 3.05) is 26.9 Å². The van der Waals surface area contributed by atoms with Crippen LogP contribution < -0.4 is 0 Å². The Morgan fingerprint density at radius 1 is 1.24 bits per heavy atom. The van der Waals surface area contributed by atoms with Crippen LogP contribution in [-0.4, -0.2) is 49.8 Å². The van der Waals surface area contributed by atoms with E-state index in [1.54, 1.807) is 0 Å². The lowest BCUT2D eigenvalue weighted by Gasteiger charge is -2.12. The number of methoxy groups -OCH3 is 1. The van der Waals surface area contributed by atoms with Crippen molar-refractivity contribution in [3.63, 3.8) is 0 Å². The van der Waals surface area contributed by atoms with Gasteiger partial charge in [0.1, 0.15) is 6.61 Å². The molecular formula is C10H17NO6. The smallest absolute Gasteiger partial charge is 0.358 e. The molecule has 0 aromatic heterocycles. The Labute approximate surface area is 99.6 Å². The highest BCUT2D eigenvalue weighted by atomic mass is 16.7. The molecule has 0 N–H and O–H groups in total. The Morgan fingerprint density at radius 2 is 1.82 bits per heavy atom. The van der Waals surface area contributed by atoms with Gasteiger partial charge in [-0.15, -0.1) is 5.06 Å². The molecule has 0 spiro atoms. The Bertz CT molecular complexity index is 275. The number of ether oxygens (including phenoxy) is 2. The van der Waals surface area contributed by atoms with E-state index in [-0.39, 0.29) is 33.5 Å². The summed E-state index contributed by atoms with van der Waals surface area (Å²) in [4.78, 5) is 37.8. The molecule has 0 aliphatic carbocycles. The van der Waals surface area contributed by atoms with Gasteiger partial charge >= 0.3 is 5.97 Å². The molecule has 1 heterocycles. The van der Waals surface area contributed by atoms with Gasteiger partial charge in [-0.3, -0.25) is 9.59 Å². The van der Waals surface area contributed by atoms with Crippen molar-refractivity contribution in [3.05, 3.63) is 0 Å². The van der Waals surface area contributed by atoms with E-state index in [4.69, 9.17) is 9.47 Å². The minimum atomic E-state index is -0.778. The summed E-state index contributed by atoms with van der Waals surface area (Å²) in [5.74, 6) is -1.79. The van der Waals surface area contributed by atoms with Crippen molar-refractivity contribution in [2.24, 2.45) is 0 Å². The highest BCUT2D eigenvalue weighted by Gasteiger charge is 2.32. The summed E-state index contributed by atoms with van der Waals surface area (Å²) >= 11 is 0. The molecule has 1 aliphatic rings. The van der Waals surface area contributed by atoms with E-state index < -0.39 is 17.8 Å². The highest BCUT2D eigenvalue weighted by Crippen LogP contribution is 2.11. The minimum absolute atomic E-state index is 0. The number of nitrogens with zero attached hydrogens (tertiary/aromatic N) is 1. The first-order chi connectivity index (χ1) is 7.65. The first-order valence-electron chi connectivity index (χ1n) is 4.78. The number of carbonyl (C=O) groups is 3.